The summed E-state index contributed by atoms with van der Waals surface area (Å²) in [5.41, 5.74) is 3.72. The predicted molar refractivity (Wildman–Crippen MR) is 152 cm³/mol. The van der Waals surface area contributed by atoms with Crippen molar-refractivity contribution in [3.63, 3.8) is 0 Å². The molecule has 0 spiro atoms. The Kier molecular flexibility index (Phi) is 8.89. The number of ether oxygens (including phenoxy) is 1. The first-order valence-corrected chi connectivity index (χ1v) is 13.3. The largest absolute Gasteiger partial charge is 0.478 e. The molecule has 0 aliphatic carbocycles. The molecule has 3 N–H and O–H groups in total. The number of benzene rings is 3. The van der Waals surface area contributed by atoms with Gasteiger partial charge in [-0.3, -0.25) is 10.1 Å². The van der Waals surface area contributed by atoms with Gasteiger partial charge in [-0.25, -0.2) is 9.59 Å². The van der Waals surface area contributed by atoms with Crippen LogP contribution in [-0.2, 0) is 16.0 Å². The van der Waals surface area contributed by atoms with Crippen molar-refractivity contribution in [1.82, 2.24) is 0 Å². The second kappa shape index (κ2) is 12.3. The van der Waals surface area contributed by atoms with Crippen molar-refractivity contribution < 1.29 is 28.7 Å². The average Bonchev–Trinajstić information content (AvgIpc) is 2.91. The van der Waals surface area contributed by atoms with Gasteiger partial charge in [0.15, 0.2) is 0 Å². The first-order chi connectivity index (χ1) is 18.6. The Balaban J connectivity index is 1.42. The number of aromatic carboxylic acids is 1. The number of carboxylic acids is 1. The minimum absolute atomic E-state index is 0.0472. The zero-order valence-corrected chi connectivity index (χ0v) is 22.8. The van der Waals surface area contributed by atoms with Gasteiger partial charge in [-0.05, 0) is 47.9 Å². The third kappa shape index (κ3) is 7.81. The Hall–Kier alpha value is -3.88. The molecule has 1 aliphatic heterocycles. The number of aryl methyl sites for hydroxylation is 1. The fourth-order valence-corrected chi connectivity index (χ4v) is 4.81. The Labute approximate surface area is 233 Å². The number of nitrogens with one attached hydrogen (secondary N) is 2. The van der Waals surface area contributed by atoms with Crippen LogP contribution in [-0.4, -0.2) is 60.8 Å². The molecule has 0 bridgehead atoms. The topological polar surface area (TPSA) is 105 Å². The third-order valence-electron chi connectivity index (χ3n) is 6.92. The third-order valence-corrected chi connectivity index (χ3v) is 7.24. The molecule has 0 atom stereocenters. The lowest BCUT2D eigenvalue weighted by molar-refractivity contribution is -0.896. The number of amides is 2. The molecule has 0 aromatic heterocycles. The molecular formula is C30H33ClN3O5+. The van der Waals surface area contributed by atoms with Gasteiger partial charge in [0, 0.05) is 24.8 Å². The van der Waals surface area contributed by atoms with E-state index in [-0.39, 0.29) is 29.0 Å². The number of piperidine rings is 1. The maximum Gasteiger partial charge on any atom is 0.411 e. The van der Waals surface area contributed by atoms with Crippen molar-refractivity contribution in [1.29, 1.82) is 0 Å². The lowest BCUT2D eigenvalue weighted by atomic mass is 9.99. The van der Waals surface area contributed by atoms with Crippen LogP contribution in [0.25, 0.3) is 11.1 Å². The summed E-state index contributed by atoms with van der Waals surface area (Å²) in [4.78, 5) is 36.4. The number of rotatable bonds is 8. The van der Waals surface area contributed by atoms with Gasteiger partial charge in [0.05, 0.1) is 49.1 Å². The molecule has 39 heavy (non-hydrogen) atoms. The van der Waals surface area contributed by atoms with Crippen molar-refractivity contribution in [3.8, 4) is 11.1 Å². The molecule has 4 rings (SSSR count). The summed E-state index contributed by atoms with van der Waals surface area (Å²) in [7, 11) is 4.36. The number of hydrogen-bond acceptors (Lipinski definition) is 4. The molecule has 0 radical (unpaired) electrons. The van der Waals surface area contributed by atoms with Crippen molar-refractivity contribution in [3.05, 3.63) is 82.9 Å². The van der Waals surface area contributed by atoms with Crippen molar-refractivity contribution in [2.75, 3.05) is 37.8 Å². The first-order valence-electron chi connectivity index (χ1n) is 12.9. The van der Waals surface area contributed by atoms with E-state index in [1.54, 1.807) is 0 Å². The van der Waals surface area contributed by atoms with E-state index in [1.165, 1.54) is 18.2 Å². The Bertz CT molecular complexity index is 1350. The maximum absolute atomic E-state index is 12.8. The summed E-state index contributed by atoms with van der Waals surface area (Å²) in [6, 6.07) is 19.6. The summed E-state index contributed by atoms with van der Waals surface area (Å²) in [6.07, 6.45) is 1.75. The number of halogens is 1. The van der Waals surface area contributed by atoms with E-state index in [1.807, 2.05) is 48.5 Å². The van der Waals surface area contributed by atoms with Gasteiger partial charge in [0.25, 0.3) is 0 Å². The van der Waals surface area contributed by atoms with Crippen molar-refractivity contribution in [2.45, 2.75) is 31.8 Å². The van der Waals surface area contributed by atoms with Gasteiger partial charge < -0.3 is 19.6 Å². The Morgan fingerprint density at radius 2 is 1.64 bits per heavy atom. The van der Waals surface area contributed by atoms with Crippen LogP contribution in [0.1, 0.15) is 35.2 Å². The standard InChI is InChI=1S/C30H32ClN3O5/c1-34(2)16-14-23(15-17-34)39-30(38)33-26-11-8-20(18-24(26)21-6-4-3-5-7-21)9-13-28(35)32-27-12-10-22(29(36)37)19-25(27)31/h3-8,10-12,18-19,23H,9,13-17H2,1-2H3,(H2-,32,33,35,36,37,38)/p+1. The van der Waals surface area contributed by atoms with Gasteiger partial charge in [-0.1, -0.05) is 48.0 Å². The molecule has 2 amide bonds. The van der Waals surface area contributed by atoms with Crippen LogP contribution in [0.15, 0.2) is 66.7 Å². The normalized spacial score (nSPS) is 14.8. The minimum Gasteiger partial charge on any atom is -0.478 e. The number of carboxylic acid groups (broad SMARTS) is 1. The van der Waals surface area contributed by atoms with Crippen molar-refractivity contribution in [2.24, 2.45) is 0 Å². The van der Waals surface area contributed by atoms with E-state index >= 15 is 0 Å². The zero-order valence-electron chi connectivity index (χ0n) is 22.1. The maximum atomic E-state index is 12.8. The number of likely N-dealkylation sites (tertiary alicyclic amines) is 1. The minimum atomic E-state index is -1.09. The molecule has 1 aliphatic rings. The summed E-state index contributed by atoms with van der Waals surface area (Å²) in [5, 5.41) is 14.9. The second-order valence-electron chi connectivity index (χ2n) is 10.4. The van der Waals surface area contributed by atoms with Crippen molar-refractivity contribution >= 4 is 40.9 Å². The molecule has 0 unspecified atom stereocenters. The molecule has 3 aromatic rings. The van der Waals surface area contributed by atoms with E-state index in [2.05, 4.69) is 24.7 Å². The van der Waals surface area contributed by atoms with Crippen LogP contribution >= 0.6 is 11.6 Å². The molecule has 8 nitrogen and oxygen atoms in total. The molecule has 1 saturated heterocycles. The zero-order chi connectivity index (χ0) is 28.0. The van der Waals surface area contributed by atoms with Crippen LogP contribution in [0, 0.1) is 0 Å². The predicted octanol–water partition coefficient (Wildman–Crippen LogP) is 6.06. The molecule has 1 fully saturated rings. The number of carbonyl (C=O) groups is 3. The van der Waals surface area contributed by atoms with Gasteiger partial charge in [0.1, 0.15) is 6.10 Å². The van der Waals surface area contributed by atoms with E-state index in [9.17, 15) is 14.4 Å². The SMILES string of the molecule is C[N+]1(C)CCC(OC(=O)Nc2ccc(CCC(=O)Nc3ccc(C(=O)O)cc3Cl)cc2-c2ccccc2)CC1. The van der Waals surface area contributed by atoms with Crippen LogP contribution in [0.3, 0.4) is 0 Å². The average molecular weight is 551 g/mol. The van der Waals surface area contributed by atoms with E-state index in [0.717, 1.165) is 47.1 Å². The van der Waals surface area contributed by atoms with Crippen LogP contribution < -0.4 is 10.6 Å². The highest BCUT2D eigenvalue weighted by atomic mass is 35.5. The fraction of sp³-hybridized carbons (Fsp3) is 0.300. The van der Waals surface area contributed by atoms with Gasteiger partial charge in [0.2, 0.25) is 5.91 Å². The Morgan fingerprint density at radius 3 is 2.31 bits per heavy atom. The molecule has 9 heteroatoms. The summed E-state index contributed by atoms with van der Waals surface area (Å²) in [5.74, 6) is -1.34. The molecule has 1 heterocycles. The fourth-order valence-electron chi connectivity index (χ4n) is 4.58. The summed E-state index contributed by atoms with van der Waals surface area (Å²) < 4.78 is 6.65. The van der Waals surface area contributed by atoms with Crippen LogP contribution in [0.2, 0.25) is 5.02 Å². The number of carbonyl (C=O) groups excluding carboxylic acids is 2. The Morgan fingerprint density at radius 1 is 0.949 bits per heavy atom. The lowest BCUT2D eigenvalue weighted by Gasteiger charge is -2.36. The lowest BCUT2D eigenvalue weighted by Crippen LogP contribution is -2.48. The summed E-state index contributed by atoms with van der Waals surface area (Å²) in [6.45, 7) is 1.94. The van der Waals surface area contributed by atoms with E-state index in [4.69, 9.17) is 21.4 Å². The van der Waals surface area contributed by atoms with E-state index < -0.39 is 12.1 Å². The smallest absolute Gasteiger partial charge is 0.411 e. The first kappa shape index (κ1) is 28.1. The highest BCUT2D eigenvalue weighted by molar-refractivity contribution is 6.34. The highest BCUT2D eigenvalue weighted by Gasteiger charge is 2.28. The second-order valence-corrected chi connectivity index (χ2v) is 10.8. The van der Waals surface area contributed by atoms with Crippen LogP contribution in [0.4, 0.5) is 16.2 Å². The van der Waals surface area contributed by atoms with Gasteiger partial charge in [-0.15, -0.1) is 0 Å². The molecular weight excluding hydrogens is 518 g/mol. The monoisotopic (exact) mass is 550 g/mol. The number of hydrogen-bond donors (Lipinski definition) is 3. The molecule has 204 valence electrons. The van der Waals surface area contributed by atoms with Gasteiger partial charge >= 0.3 is 12.1 Å². The van der Waals surface area contributed by atoms with E-state index in [0.29, 0.717) is 17.8 Å². The number of quaternary nitrogens is 1. The van der Waals surface area contributed by atoms with Crippen LogP contribution in [0.5, 0.6) is 0 Å². The summed E-state index contributed by atoms with van der Waals surface area (Å²) >= 11 is 6.13. The highest BCUT2D eigenvalue weighted by Crippen LogP contribution is 2.30. The number of nitrogens with zero attached hydrogens (tertiary/aromatic N) is 1. The molecule has 3 aromatic carbocycles. The molecule has 0 saturated carbocycles. The number of anilines is 2. The quantitative estimate of drug-likeness (QED) is 0.295. The van der Waals surface area contributed by atoms with Gasteiger partial charge in [-0.2, -0.15) is 0 Å².